The van der Waals surface area contributed by atoms with Crippen LogP contribution >= 0.6 is 22.9 Å². The molecule has 1 heterocycles. The van der Waals surface area contributed by atoms with E-state index in [-0.39, 0.29) is 6.04 Å². The molecule has 0 spiro atoms. The molecule has 1 aromatic heterocycles. The van der Waals surface area contributed by atoms with Crippen LogP contribution < -0.4 is 10.6 Å². The maximum atomic E-state index is 6.32. The van der Waals surface area contributed by atoms with Crippen molar-refractivity contribution in [3.8, 4) is 0 Å². The summed E-state index contributed by atoms with van der Waals surface area (Å²) >= 11 is 8.04. The van der Waals surface area contributed by atoms with Gasteiger partial charge < -0.3 is 10.6 Å². The molecule has 1 atom stereocenters. The van der Waals surface area contributed by atoms with E-state index in [1.54, 1.807) is 11.3 Å². The number of thiophene rings is 1. The smallest absolute Gasteiger partial charge is 0.0459 e. The average Bonchev–Trinajstić information content (AvgIpc) is 2.84. The van der Waals surface area contributed by atoms with Crippen LogP contribution in [-0.2, 0) is 13.0 Å². The van der Waals surface area contributed by atoms with E-state index < -0.39 is 0 Å². The van der Waals surface area contributed by atoms with Gasteiger partial charge in [0.05, 0.1) is 0 Å². The summed E-state index contributed by atoms with van der Waals surface area (Å²) in [5, 5.41) is 5.07. The molecule has 0 aliphatic carbocycles. The second kappa shape index (κ2) is 6.42. The zero-order valence-corrected chi connectivity index (χ0v) is 12.8. The molecule has 19 heavy (non-hydrogen) atoms. The molecular formula is C15H19ClN2S. The highest BCUT2D eigenvalue weighted by Gasteiger charge is 2.08. The van der Waals surface area contributed by atoms with Crippen LogP contribution in [0.4, 0.5) is 5.69 Å². The molecule has 0 radical (unpaired) electrons. The Labute approximate surface area is 123 Å². The molecule has 0 fully saturated rings. The van der Waals surface area contributed by atoms with Crippen molar-refractivity contribution in [2.45, 2.75) is 25.9 Å². The Bertz CT molecular complexity index is 523. The first-order valence-corrected chi connectivity index (χ1v) is 7.64. The number of anilines is 1. The standard InChI is InChI=1S/C15H19ClN2S/c1-11(17)7-13-3-4-14(8-15(13)16)18(2)9-12-5-6-19-10-12/h3-6,8,10-11H,7,9,17H2,1-2H3. The molecule has 0 saturated heterocycles. The summed E-state index contributed by atoms with van der Waals surface area (Å²) in [6, 6.07) is 8.48. The third kappa shape index (κ3) is 3.96. The molecule has 2 N–H and O–H groups in total. The van der Waals surface area contributed by atoms with Gasteiger partial charge in [-0.2, -0.15) is 11.3 Å². The molecule has 0 saturated carbocycles. The van der Waals surface area contributed by atoms with E-state index in [9.17, 15) is 0 Å². The summed E-state index contributed by atoms with van der Waals surface area (Å²) in [5.74, 6) is 0. The van der Waals surface area contributed by atoms with Crippen molar-refractivity contribution >= 4 is 28.6 Å². The summed E-state index contributed by atoms with van der Waals surface area (Å²) in [5.41, 5.74) is 9.38. The molecular weight excluding hydrogens is 276 g/mol. The highest BCUT2D eigenvalue weighted by Crippen LogP contribution is 2.25. The van der Waals surface area contributed by atoms with E-state index in [4.69, 9.17) is 17.3 Å². The monoisotopic (exact) mass is 294 g/mol. The minimum Gasteiger partial charge on any atom is -0.370 e. The normalized spacial score (nSPS) is 12.4. The summed E-state index contributed by atoms with van der Waals surface area (Å²) in [6.45, 7) is 2.89. The predicted molar refractivity (Wildman–Crippen MR) is 85.2 cm³/mol. The summed E-state index contributed by atoms with van der Waals surface area (Å²) in [4.78, 5) is 2.20. The van der Waals surface area contributed by atoms with Gasteiger partial charge in [0.25, 0.3) is 0 Å². The summed E-state index contributed by atoms with van der Waals surface area (Å²) in [7, 11) is 2.08. The first-order valence-electron chi connectivity index (χ1n) is 6.32. The average molecular weight is 295 g/mol. The molecule has 2 rings (SSSR count). The topological polar surface area (TPSA) is 29.3 Å². The van der Waals surface area contributed by atoms with Crippen molar-refractivity contribution in [3.63, 3.8) is 0 Å². The van der Waals surface area contributed by atoms with Crippen molar-refractivity contribution in [2.75, 3.05) is 11.9 Å². The number of benzene rings is 1. The first kappa shape index (κ1) is 14.4. The van der Waals surface area contributed by atoms with Gasteiger partial charge in [0.2, 0.25) is 0 Å². The highest BCUT2D eigenvalue weighted by atomic mass is 35.5. The Morgan fingerprint density at radius 1 is 1.37 bits per heavy atom. The Balaban J connectivity index is 2.10. The van der Waals surface area contributed by atoms with Crippen LogP contribution in [0.2, 0.25) is 5.02 Å². The minimum absolute atomic E-state index is 0.131. The van der Waals surface area contributed by atoms with Crippen molar-refractivity contribution in [1.29, 1.82) is 0 Å². The Morgan fingerprint density at radius 3 is 2.74 bits per heavy atom. The lowest BCUT2D eigenvalue weighted by Gasteiger charge is -2.20. The zero-order valence-electron chi connectivity index (χ0n) is 11.3. The lowest BCUT2D eigenvalue weighted by Crippen LogP contribution is -2.19. The van der Waals surface area contributed by atoms with Crippen LogP contribution in [0.3, 0.4) is 0 Å². The van der Waals surface area contributed by atoms with Crippen LogP contribution in [-0.4, -0.2) is 13.1 Å². The first-order chi connectivity index (χ1) is 9.06. The fraction of sp³-hybridized carbons (Fsp3) is 0.333. The maximum absolute atomic E-state index is 6.32. The van der Waals surface area contributed by atoms with Crippen LogP contribution in [0.1, 0.15) is 18.1 Å². The van der Waals surface area contributed by atoms with Gasteiger partial charge in [0.15, 0.2) is 0 Å². The van der Waals surface area contributed by atoms with Crippen LogP contribution in [0.25, 0.3) is 0 Å². The van der Waals surface area contributed by atoms with Gasteiger partial charge in [-0.25, -0.2) is 0 Å². The number of hydrogen-bond acceptors (Lipinski definition) is 3. The van der Waals surface area contributed by atoms with E-state index in [0.29, 0.717) is 0 Å². The largest absolute Gasteiger partial charge is 0.370 e. The predicted octanol–water partition coefficient (Wildman–Crippen LogP) is 3.93. The molecule has 0 bridgehead atoms. The third-order valence-electron chi connectivity index (χ3n) is 3.02. The molecule has 0 amide bonds. The van der Waals surface area contributed by atoms with Gasteiger partial charge in [0, 0.05) is 30.3 Å². The van der Waals surface area contributed by atoms with Crippen LogP contribution in [0.15, 0.2) is 35.0 Å². The third-order valence-corrected chi connectivity index (χ3v) is 4.10. The molecule has 0 aliphatic rings. The van der Waals surface area contributed by atoms with Gasteiger partial charge in [-0.3, -0.25) is 0 Å². The SMILES string of the molecule is CC(N)Cc1ccc(N(C)Cc2ccsc2)cc1Cl. The molecule has 102 valence electrons. The fourth-order valence-electron chi connectivity index (χ4n) is 2.03. The van der Waals surface area contributed by atoms with Crippen molar-refractivity contribution in [3.05, 3.63) is 51.2 Å². The molecule has 2 aromatic rings. The van der Waals surface area contributed by atoms with Gasteiger partial charge in [-0.05, 0) is 53.4 Å². The Kier molecular flexibility index (Phi) is 4.86. The highest BCUT2D eigenvalue weighted by molar-refractivity contribution is 7.07. The van der Waals surface area contributed by atoms with Gasteiger partial charge >= 0.3 is 0 Å². The summed E-state index contributed by atoms with van der Waals surface area (Å²) < 4.78 is 0. The van der Waals surface area contributed by atoms with E-state index in [0.717, 1.165) is 29.2 Å². The van der Waals surface area contributed by atoms with Crippen LogP contribution in [0, 0.1) is 0 Å². The zero-order chi connectivity index (χ0) is 13.8. The van der Waals surface area contributed by atoms with Gasteiger partial charge in [-0.1, -0.05) is 17.7 Å². The molecule has 1 unspecified atom stereocenters. The second-order valence-corrected chi connectivity index (χ2v) is 6.13. The van der Waals surface area contributed by atoms with E-state index in [1.807, 2.05) is 13.0 Å². The van der Waals surface area contributed by atoms with Crippen molar-refractivity contribution in [1.82, 2.24) is 0 Å². The number of nitrogens with zero attached hydrogens (tertiary/aromatic N) is 1. The Morgan fingerprint density at radius 2 is 2.16 bits per heavy atom. The number of nitrogens with two attached hydrogens (primary N) is 1. The fourth-order valence-corrected chi connectivity index (χ4v) is 2.95. The van der Waals surface area contributed by atoms with Crippen molar-refractivity contribution < 1.29 is 0 Å². The second-order valence-electron chi connectivity index (χ2n) is 4.94. The van der Waals surface area contributed by atoms with Crippen LogP contribution in [0.5, 0.6) is 0 Å². The lowest BCUT2D eigenvalue weighted by molar-refractivity contribution is 0.738. The van der Waals surface area contributed by atoms with Crippen molar-refractivity contribution in [2.24, 2.45) is 5.73 Å². The minimum atomic E-state index is 0.131. The van der Waals surface area contributed by atoms with Gasteiger partial charge in [-0.15, -0.1) is 0 Å². The molecule has 0 aliphatic heterocycles. The summed E-state index contributed by atoms with van der Waals surface area (Å²) in [6.07, 6.45) is 0.813. The molecule has 4 heteroatoms. The maximum Gasteiger partial charge on any atom is 0.0459 e. The number of rotatable bonds is 5. The number of halogens is 1. The quantitative estimate of drug-likeness (QED) is 0.905. The molecule has 2 nitrogen and oxygen atoms in total. The lowest BCUT2D eigenvalue weighted by atomic mass is 10.1. The van der Waals surface area contributed by atoms with E-state index in [2.05, 4.69) is 40.9 Å². The number of hydrogen-bond donors (Lipinski definition) is 1. The van der Waals surface area contributed by atoms with E-state index >= 15 is 0 Å². The Hall–Kier alpha value is -1.03. The van der Waals surface area contributed by atoms with Gasteiger partial charge in [0.1, 0.15) is 0 Å². The molecule has 1 aromatic carbocycles. The van der Waals surface area contributed by atoms with E-state index in [1.165, 1.54) is 5.56 Å².